The standard InChI is InChI=1S/C9H15N3O2/c1-7-11-8(12-14-7)5-10-6-9(13)3-2-4-9/h10,13H,2-6H2,1H3. The maximum Gasteiger partial charge on any atom is 0.223 e. The average Bonchev–Trinajstić information content (AvgIpc) is 2.49. The highest BCUT2D eigenvalue weighted by Crippen LogP contribution is 2.30. The topological polar surface area (TPSA) is 71.2 Å². The lowest BCUT2D eigenvalue weighted by Crippen LogP contribution is -2.46. The van der Waals surface area contributed by atoms with Gasteiger partial charge in [0.1, 0.15) is 0 Å². The summed E-state index contributed by atoms with van der Waals surface area (Å²) >= 11 is 0. The van der Waals surface area contributed by atoms with Crippen LogP contribution in [0.3, 0.4) is 0 Å². The lowest BCUT2D eigenvalue weighted by molar-refractivity contribution is -0.0316. The van der Waals surface area contributed by atoms with Crippen LogP contribution in [0.1, 0.15) is 31.0 Å². The molecule has 1 fully saturated rings. The second-order valence-corrected chi connectivity index (χ2v) is 3.91. The normalized spacial score (nSPS) is 19.3. The summed E-state index contributed by atoms with van der Waals surface area (Å²) in [6.07, 6.45) is 2.91. The Kier molecular flexibility index (Phi) is 2.52. The number of rotatable bonds is 4. The van der Waals surface area contributed by atoms with Crippen molar-refractivity contribution in [2.75, 3.05) is 6.54 Å². The molecule has 1 saturated carbocycles. The fourth-order valence-corrected chi connectivity index (χ4v) is 1.58. The Balaban J connectivity index is 1.72. The summed E-state index contributed by atoms with van der Waals surface area (Å²) in [5.41, 5.74) is -0.487. The fourth-order valence-electron chi connectivity index (χ4n) is 1.58. The van der Waals surface area contributed by atoms with Crippen LogP contribution in [0.25, 0.3) is 0 Å². The number of hydrogen-bond donors (Lipinski definition) is 2. The van der Waals surface area contributed by atoms with E-state index in [-0.39, 0.29) is 0 Å². The van der Waals surface area contributed by atoms with Gasteiger partial charge in [-0.15, -0.1) is 0 Å². The van der Waals surface area contributed by atoms with Gasteiger partial charge in [-0.25, -0.2) is 0 Å². The molecule has 1 aliphatic rings. The average molecular weight is 197 g/mol. The van der Waals surface area contributed by atoms with Crippen molar-refractivity contribution in [3.05, 3.63) is 11.7 Å². The largest absolute Gasteiger partial charge is 0.389 e. The quantitative estimate of drug-likeness (QED) is 0.730. The van der Waals surface area contributed by atoms with Gasteiger partial charge in [0.15, 0.2) is 5.82 Å². The molecular weight excluding hydrogens is 182 g/mol. The van der Waals surface area contributed by atoms with Crippen molar-refractivity contribution in [2.45, 2.75) is 38.3 Å². The summed E-state index contributed by atoms with van der Waals surface area (Å²) < 4.78 is 4.82. The molecule has 0 amide bonds. The molecule has 5 heteroatoms. The highest BCUT2D eigenvalue weighted by atomic mass is 16.5. The van der Waals surface area contributed by atoms with Gasteiger partial charge in [-0.2, -0.15) is 4.98 Å². The van der Waals surface area contributed by atoms with Crippen molar-refractivity contribution in [1.29, 1.82) is 0 Å². The van der Waals surface area contributed by atoms with Crippen molar-refractivity contribution < 1.29 is 9.63 Å². The van der Waals surface area contributed by atoms with Gasteiger partial charge >= 0.3 is 0 Å². The van der Waals surface area contributed by atoms with Gasteiger partial charge < -0.3 is 14.9 Å². The molecule has 0 atom stereocenters. The zero-order chi connectivity index (χ0) is 10.0. The van der Waals surface area contributed by atoms with Crippen LogP contribution in [0.15, 0.2) is 4.52 Å². The summed E-state index contributed by atoms with van der Waals surface area (Å²) in [5.74, 6) is 1.22. The van der Waals surface area contributed by atoms with Crippen LogP contribution in [0.2, 0.25) is 0 Å². The first-order chi connectivity index (χ1) is 6.68. The van der Waals surface area contributed by atoms with Crippen LogP contribution >= 0.6 is 0 Å². The number of aliphatic hydroxyl groups is 1. The van der Waals surface area contributed by atoms with Crippen LogP contribution in [0, 0.1) is 6.92 Å². The van der Waals surface area contributed by atoms with Crippen LogP contribution in [-0.4, -0.2) is 27.4 Å². The Hall–Kier alpha value is -0.940. The lowest BCUT2D eigenvalue weighted by Gasteiger charge is -2.36. The smallest absolute Gasteiger partial charge is 0.223 e. The number of aryl methyl sites for hydroxylation is 1. The Morgan fingerprint density at radius 3 is 2.86 bits per heavy atom. The van der Waals surface area contributed by atoms with E-state index in [0.29, 0.717) is 24.8 Å². The minimum Gasteiger partial charge on any atom is -0.389 e. The van der Waals surface area contributed by atoms with E-state index < -0.39 is 5.60 Å². The fraction of sp³-hybridized carbons (Fsp3) is 0.778. The Morgan fingerprint density at radius 2 is 2.36 bits per heavy atom. The molecule has 0 aliphatic heterocycles. The van der Waals surface area contributed by atoms with E-state index in [1.807, 2.05) is 0 Å². The van der Waals surface area contributed by atoms with Crippen molar-refractivity contribution in [2.24, 2.45) is 0 Å². The van der Waals surface area contributed by atoms with Gasteiger partial charge in [0, 0.05) is 13.5 Å². The molecule has 1 aliphatic carbocycles. The van der Waals surface area contributed by atoms with E-state index in [1.54, 1.807) is 6.92 Å². The molecule has 2 N–H and O–H groups in total. The second kappa shape index (κ2) is 3.67. The van der Waals surface area contributed by atoms with Crippen molar-refractivity contribution >= 4 is 0 Å². The third-order valence-electron chi connectivity index (χ3n) is 2.59. The summed E-state index contributed by atoms with van der Waals surface area (Å²) in [6, 6.07) is 0. The molecular formula is C9H15N3O2. The van der Waals surface area contributed by atoms with Crippen molar-refractivity contribution in [1.82, 2.24) is 15.5 Å². The maximum atomic E-state index is 9.77. The first kappa shape index (κ1) is 9.61. The SMILES string of the molecule is Cc1nc(CNCC2(O)CCC2)no1. The van der Waals surface area contributed by atoms with Crippen LogP contribution in [0.4, 0.5) is 0 Å². The third-order valence-corrected chi connectivity index (χ3v) is 2.59. The second-order valence-electron chi connectivity index (χ2n) is 3.91. The summed E-state index contributed by atoms with van der Waals surface area (Å²) in [5, 5.41) is 16.6. The number of nitrogens with zero attached hydrogens (tertiary/aromatic N) is 2. The highest BCUT2D eigenvalue weighted by Gasteiger charge is 2.33. The first-order valence-corrected chi connectivity index (χ1v) is 4.90. The van der Waals surface area contributed by atoms with Crippen molar-refractivity contribution in [3.63, 3.8) is 0 Å². The van der Waals surface area contributed by atoms with Crippen LogP contribution < -0.4 is 5.32 Å². The highest BCUT2D eigenvalue weighted by molar-refractivity contribution is 4.91. The third kappa shape index (κ3) is 2.10. The molecule has 1 aromatic heterocycles. The van der Waals surface area contributed by atoms with E-state index >= 15 is 0 Å². The molecule has 0 unspecified atom stereocenters. The first-order valence-electron chi connectivity index (χ1n) is 4.90. The van der Waals surface area contributed by atoms with Gasteiger partial charge in [0.2, 0.25) is 5.89 Å². The zero-order valence-corrected chi connectivity index (χ0v) is 8.29. The minimum atomic E-state index is -0.487. The number of aromatic nitrogens is 2. The summed E-state index contributed by atoms with van der Waals surface area (Å²) in [6.45, 7) is 2.93. The predicted molar refractivity (Wildman–Crippen MR) is 49.5 cm³/mol. The number of hydrogen-bond acceptors (Lipinski definition) is 5. The molecule has 1 heterocycles. The van der Waals surface area contributed by atoms with E-state index in [9.17, 15) is 5.11 Å². The van der Waals surface area contributed by atoms with Crippen molar-refractivity contribution in [3.8, 4) is 0 Å². The Labute approximate surface area is 82.5 Å². The Bertz CT molecular complexity index is 307. The number of nitrogens with one attached hydrogen (secondary N) is 1. The van der Waals surface area contributed by atoms with E-state index in [4.69, 9.17) is 4.52 Å². The monoisotopic (exact) mass is 197 g/mol. The molecule has 1 aromatic rings. The van der Waals surface area contributed by atoms with Crippen LogP contribution in [0.5, 0.6) is 0 Å². The minimum absolute atomic E-state index is 0.487. The molecule has 5 nitrogen and oxygen atoms in total. The lowest BCUT2D eigenvalue weighted by atomic mass is 9.80. The molecule has 0 aromatic carbocycles. The predicted octanol–water partition coefficient (Wildman–Crippen LogP) is 0.383. The maximum absolute atomic E-state index is 9.77. The molecule has 2 rings (SSSR count). The van der Waals surface area contributed by atoms with Crippen LogP contribution in [-0.2, 0) is 6.54 Å². The molecule has 0 bridgehead atoms. The molecule has 0 spiro atoms. The van der Waals surface area contributed by atoms with E-state index in [2.05, 4.69) is 15.5 Å². The van der Waals surface area contributed by atoms with Gasteiger partial charge in [0.25, 0.3) is 0 Å². The summed E-state index contributed by atoms with van der Waals surface area (Å²) in [7, 11) is 0. The van der Waals surface area contributed by atoms with Gasteiger partial charge in [-0.1, -0.05) is 5.16 Å². The summed E-state index contributed by atoms with van der Waals surface area (Å²) in [4.78, 5) is 4.05. The van der Waals surface area contributed by atoms with E-state index in [0.717, 1.165) is 19.3 Å². The van der Waals surface area contributed by atoms with E-state index in [1.165, 1.54) is 0 Å². The molecule has 0 saturated heterocycles. The molecule has 0 radical (unpaired) electrons. The molecule has 78 valence electrons. The Morgan fingerprint density at radius 1 is 1.57 bits per heavy atom. The van der Waals surface area contributed by atoms with Gasteiger partial charge in [-0.3, -0.25) is 0 Å². The molecule has 14 heavy (non-hydrogen) atoms. The van der Waals surface area contributed by atoms with Gasteiger partial charge in [0.05, 0.1) is 12.1 Å². The zero-order valence-electron chi connectivity index (χ0n) is 8.29. The van der Waals surface area contributed by atoms with Gasteiger partial charge in [-0.05, 0) is 19.3 Å².